The molecule has 1 atom stereocenters. The van der Waals surface area contributed by atoms with E-state index >= 15 is 0 Å². The van der Waals surface area contributed by atoms with Crippen molar-refractivity contribution in [2.75, 3.05) is 19.0 Å². The molecule has 5 nitrogen and oxygen atoms in total. The van der Waals surface area contributed by atoms with Gasteiger partial charge in [-0.2, -0.15) is 0 Å². The summed E-state index contributed by atoms with van der Waals surface area (Å²) in [5, 5.41) is 2.85. The highest BCUT2D eigenvalue weighted by molar-refractivity contribution is 6.06. The fourth-order valence-corrected chi connectivity index (χ4v) is 3.56. The first-order chi connectivity index (χ1) is 13.1. The molecule has 142 valence electrons. The molecule has 0 aromatic heterocycles. The molecule has 3 rings (SSSR count). The molecule has 1 aliphatic rings. The number of nitrogens with one attached hydrogen (secondary N) is 1. The van der Waals surface area contributed by atoms with E-state index in [4.69, 9.17) is 4.74 Å². The second-order valence-corrected chi connectivity index (χ2v) is 6.82. The summed E-state index contributed by atoms with van der Waals surface area (Å²) in [5.74, 6) is 0.439. The number of likely N-dealkylation sites (tertiary alicyclic amines) is 1. The molecule has 1 aliphatic heterocycles. The van der Waals surface area contributed by atoms with Crippen LogP contribution in [0.4, 0.5) is 5.69 Å². The highest BCUT2D eigenvalue weighted by Crippen LogP contribution is 2.23. The van der Waals surface area contributed by atoms with Crippen LogP contribution in [0.1, 0.15) is 53.3 Å². The Morgan fingerprint density at radius 2 is 1.89 bits per heavy atom. The predicted molar refractivity (Wildman–Crippen MR) is 106 cm³/mol. The van der Waals surface area contributed by atoms with Crippen molar-refractivity contribution in [2.24, 2.45) is 0 Å². The molecule has 0 spiro atoms. The van der Waals surface area contributed by atoms with E-state index in [2.05, 4.69) is 12.2 Å². The van der Waals surface area contributed by atoms with Crippen LogP contribution in [0.15, 0.2) is 48.5 Å². The van der Waals surface area contributed by atoms with E-state index in [0.717, 1.165) is 25.8 Å². The maximum atomic E-state index is 13.0. The molecular formula is C22H26N2O3. The maximum Gasteiger partial charge on any atom is 0.255 e. The van der Waals surface area contributed by atoms with Gasteiger partial charge in [0.1, 0.15) is 5.75 Å². The lowest BCUT2D eigenvalue weighted by atomic mass is 9.98. The monoisotopic (exact) mass is 366 g/mol. The van der Waals surface area contributed by atoms with E-state index < -0.39 is 0 Å². The third-order valence-electron chi connectivity index (χ3n) is 5.06. The number of ether oxygens (including phenoxy) is 1. The highest BCUT2D eigenvalue weighted by Gasteiger charge is 2.26. The largest absolute Gasteiger partial charge is 0.497 e. The van der Waals surface area contributed by atoms with Gasteiger partial charge in [0.25, 0.3) is 11.8 Å². The smallest absolute Gasteiger partial charge is 0.255 e. The van der Waals surface area contributed by atoms with Crippen molar-refractivity contribution >= 4 is 17.5 Å². The topological polar surface area (TPSA) is 58.6 Å². The van der Waals surface area contributed by atoms with E-state index in [-0.39, 0.29) is 11.8 Å². The van der Waals surface area contributed by atoms with Crippen molar-refractivity contribution in [1.82, 2.24) is 4.90 Å². The summed E-state index contributed by atoms with van der Waals surface area (Å²) in [6.45, 7) is 2.91. The van der Waals surface area contributed by atoms with Gasteiger partial charge < -0.3 is 15.0 Å². The summed E-state index contributed by atoms with van der Waals surface area (Å²) < 4.78 is 5.18. The van der Waals surface area contributed by atoms with E-state index in [1.54, 1.807) is 43.5 Å². The SMILES string of the molecule is CCC1CCCCN1C(=O)c1cccc(C(=O)Nc2cccc(OC)c2)c1. The molecule has 1 unspecified atom stereocenters. The van der Waals surface area contributed by atoms with Gasteiger partial charge in [0.2, 0.25) is 0 Å². The molecule has 5 heteroatoms. The normalized spacial score (nSPS) is 16.7. The van der Waals surface area contributed by atoms with Crippen LogP contribution in [-0.2, 0) is 0 Å². The molecule has 2 amide bonds. The Balaban J connectivity index is 1.76. The number of piperidine rings is 1. The number of carbonyl (C=O) groups is 2. The first kappa shape index (κ1) is 19.0. The number of anilines is 1. The van der Waals surface area contributed by atoms with Crippen LogP contribution >= 0.6 is 0 Å². The second kappa shape index (κ2) is 8.71. The minimum Gasteiger partial charge on any atom is -0.497 e. The Morgan fingerprint density at radius 1 is 1.11 bits per heavy atom. The standard InChI is InChI=1S/C22H26N2O3/c1-3-19-11-4-5-13-24(19)22(26)17-9-6-8-16(14-17)21(25)23-18-10-7-12-20(15-18)27-2/h6-10,12,14-15,19H,3-5,11,13H2,1-2H3,(H,23,25). The fraction of sp³-hybridized carbons (Fsp3) is 0.364. The van der Waals surface area contributed by atoms with Crippen LogP contribution in [-0.4, -0.2) is 36.4 Å². The van der Waals surface area contributed by atoms with Crippen LogP contribution in [0, 0.1) is 0 Å². The van der Waals surface area contributed by atoms with Crippen molar-refractivity contribution < 1.29 is 14.3 Å². The van der Waals surface area contributed by atoms with Gasteiger partial charge in [0, 0.05) is 35.5 Å². The van der Waals surface area contributed by atoms with Gasteiger partial charge in [0.15, 0.2) is 0 Å². The summed E-state index contributed by atoms with van der Waals surface area (Å²) in [6, 6.07) is 14.4. The average molecular weight is 366 g/mol. The Labute approximate surface area is 160 Å². The minimum atomic E-state index is -0.247. The number of hydrogen-bond donors (Lipinski definition) is 1. The van der Waals surface area contributed by atoms with Gasteiger partial charge in [-0.1, -0.05) is 19.1 Å². The Kier molecular flexibility index (Phi) is 6.12. The molecule has 0 saturated carbocycles. The lowest BCUT2D eigenvalue weighted by Gasteiger charge is -2.35. The van der Waals surface area contributed by atoms with Crippen molar-refractivity contribution in [1.29, 1.82) is 0 Å². The second-order valence-electron chi connectivity index (χ2n) is 6.82. The van der Waals surface area contributed by atoms with Gasteiger partial charge >= 0.3 is 0 Å². The number of nitrogens with zero attached hydrogens (tertiary/aromatic N) is 1. The van der Waals surface area contributed by atoms with Crippen LogP contribution in [0.2, 0.25) is 0 Å². The first-order valence-corrected chi connectivity index (χ1v) is 9.48. The third-order valence-corrected chi connectivity index (χ3v) is 5.06. The number of hydrogen-bond acceptors (Lipinski definition) is 3. The summed E-state index contributed by atoms with van der Waals surface area (Å²) in [4.78, 5) is 27.5. The zero-order valence-corrected chi connectivity index (χ0v) is 15.9. The van der Waals surface area contributed by atoms with Crippen LogP contribution < -0.4 is 10.1 Å². The molecule has 0 radical (unpaired) electrons. The fourth-order valence-electron chi connectivity index (χ4n) is 3.56. The Bertz CT molecular complexity index is 819. The van der Waals surface area contributed by atoms with Gasteiger partial charge in [-0.25, -0.2) is 0 Å². The molecule has 1 fully saturated rings. The summed E-state index contributed by atoms with van der Waals surface area (Å²) >= 11 is 0. The summed E-state index contributed by atoms with van der Waals surface area (Å²) in [7, 11) is 1.58. The third kappa shape index (κ3) is 4.48. The molecule has 1 N–H and O–H groups in total. The zero-order chi connectivity index (χ0) is 19.2. The lowest BCUT2D eigenvalue weighted by Crippen LogP contribution is -2.43. The van der Waals surface area contributed by atoms with Crippen LogP contribution in [0.3, 0.4) is 0 Å². The van der Waals surface area contributed by atoms with E-state index in [9.17, 15) is 9.59 Å². The van der Waals surface area contributed by atoms with Crippen LogP contribution in [0.5, 0.6) is 5.75 Å². The molecular weight excluding hydrogens is 340 g/mol. The minimum absolute atomic E-state index is 0.0116. The zero-order valence-electron chi connectivity index (χ0n) is 15.9. The van der Waals surface area contributed by atoms with Crippen molar-refractivity contribution in [3.8, 4) is 5.75 Å². The number of amides is 2. The van der Waals surface area contributed by atoms with E-state index in [1.165, 1.54) is 6.42 Å². The average Bonchev–Trinajstić information content (AvgIpc) is 2.73. The number of benzene rings is 2. The van der Waals surface area contributed by atoms with Crippen molar-refractivity contribution in [3.63, 3.8) is 0 Å². The Hall–Kier alpha value is -2.82. The molecule has 2 aromatic carbocycles. The summed E-state index contributed by atoms with van der Waals surface area (Å²) in [5.41, 5.74) is 1.68. The van der Waals surface area contributed by atoms with Gasteiger partial charge in [-0.3, -0.25) is 9.59 Å². The molecule has 0 aliphatic carbocycles. The van der Waals surface area contributed by atoms with Gasteiger partial charge in [-0.05, 0) is 56.0 Å². The molecule has 0 bridgehead atoms. The number of rotatable bonds is 5. The number of methoxy groups -OCH3 is 1. The van der Waals surface area contributed by atoms with Crippen molar-refractivity contribution in [3.05, 3.63) is 59.7 Å². The first-order valence-electron chi connectivity index (χ1n) is 9.48. The summed E-state index contributed by atoms with van der Waals surface area (Å²) in [6.07, 6.45) is 4.23. The van der Waals surface area contributed by atoms with Gasteiger partial charge in [-0.15, -0.1) is 0 Å². The molecule has 27 heavy (non-hydrogen) atoms. The molecule has 2 aromatic rings. The number of carbonyl (C=O) groups excluding carboxylic acids is 2. The van der Waals surface area contributed by atoms with E-state index in [1.807, 2.05) is 17.0 Å². The lowest BCUT2D eigenvalue weighted by molar-refractivity contribution is 0.0608. The van der Waals surface area contributed by atoms with Crippen molar-refractivity contribution in [2.45, 2.75) is 38.6 Å². The van der Waals surface area contributed by atoms with E-state index in [0.29, 0.717) is 28.6 Å². The molecule has 1 heterocycles. The highest BCUT2D eigenvalue weighted by atomic mass is 16.5. The predicted octanol–water partition coefficient (Wildman–Crippen LogP) is 4.35. The van der Waals surface area contributed by atoms with Gasteiger partial charge in [0.05, 0.1) is 7.11 Å². The van der Waals surface area contributed by atoms with Crippen LogP contribution in [0.25, 0.3) is 0 Å². The maximum absolute atomic E-state index is 13.0. The quantitative estimate of drug-likeness (QED) is 0.856. The molecule has 1 saturated heterocycles. The Morgan fingerprint density at radius 3 is 2.67 bits per heavy atom.